The Morgan fingerprint density at radius 2 is 1.80 bits per heavy atom. The Hall–Kier alpha value is -0.490. The van der Waals surface area contributed by atoms with Crippen molar-refractivity contribution in [3.05, 3.63) is 57.5 Å². The first-order valence-electron chi connectivity index (χ1n) is 5.73. The molecule has 0 saturated carbocycles. The van der Waals surface area contributed by atoms with E-state index in [1.54, 1.807) is 23.9 Å². The van der Waals surface area contributed by atoms with Crippen molar-refractivity contribution in [2.24, 2.45) is 0 Å². The van der Waals surface area contributed by atoms with Gasteiger partial charge in [0.2, 0.25) is 0 Å². The van der Waals surface area contributed by atoms with Gasteiger partial charge < -0.3 is 0 Å². The van der Waals surface area contributed by atoms with Gasteiger partial charge in [0.15, 0.2) is 9.84 Å². The molecule has 20 heavy (non-hydrogen) atoms. The minimum Gasteiger partial charge on any atom is -0.224 e. The number of sulfone groups is 1. The first-order chi connectivity index (χ1) is 9.36. The molecule has 0 spiro atoms. The summed E-state index contributed by atoms with van der Waals surface area (Å²) >= 11 is 11.1. The maximum Gasteiger partial charge on any atom is 0.175 e. The Bertz CT molecular complexity index is 712. The van der Waals surface area contributed by atoms with E-state index in [0.717, 1.165) is 25.7 Å². The summed E-state index contributed by atoms with van der Waals surface area (Å²) in [7, 11) is -3.13. The van der Waals surface area contributed by atoms with Gasteiger partial charge in [-0.1, -0.05) is 33.6 Å². The summed E-state index contributed by atoms with van der Waals surface area (Å²) in [6.45, 7) is 0. The topological polar surface area (TPSA) is 34.1 Å². The fourth-order valence-corrected chi connectivity index (χ4v) is 3.94. The molecule has 0 atom stereocenters. The molecule has 6 heteroatoms. The number of thioether (sulfide) groups is 1. The van der Waals surface area contributed by atoms with E-state index in [4.69, 9.17) is 11.6 Å². The Balaban J connectivity index is 2.08. The van der Waals surface area contributed by atoms with Crippen molar-refractivity contribution >= 4 is 49.1 Å². The third kappa shape index (κ3) is 4.25. The molecule has 0 unspecified atom stereocenters. The van der Waals surface area contributed by atoms with Crippen molar-refractivity contribution in [2.45, 2.75) is 15.5 Å². The fourth-order valence-electron chi connectivity index (χ4n) is 1.58. The average molecular weight is 392 g/mol. The van der Waals surface area contributed by atoms with Crippen molar-refractivity contribution in [2.75, 3.05) is 6.26 Å². The highest BCUT2D eigenvalue weighted by Crippen LogP contribution is 2.29. The van der Waals surface area contributed by atoms with E-state index in [2.05, 4.69) is 15.9 Å². The zero-order chi connectivity index (χ0) is 14.8. The van der Waals surface area contributed by atoms with Gasteiger partial charge in [-0.15, -0.1) is 11.8 Å². The predicted octanol–water partition coefficient (Wildman–Crippen LogP) is 4.80. The van der Waals surface area contributed by atoms with Gasteiger partial charge in [0.25, 0.3) is 0 Å². The molecule has 0 saturated heterocycles. The molecule has 0 aliphatic carbocycles. The van der Waals surface area contributed by atoms with Gasteiger partial charge >= 0.3 is 0 Å². The van der Waals surface area contributed by atoms with Crippen LogP contribution in [0.5, 0.6) is 0 Å². The van der Waals surface area contributed by atoms with Crippen LogP contribution in [0.3, 0.4) is 0 Å². The van der Waals surface area contributed by atoms with Crippen molar-refractivity contribution in [1.82, 2.24) is 0 Å². The van der Waals surface area contributed by atoms with E-state index in [-0.39, 0.29) is 0 Å². The van der Waals surface area contributed by atoms with Gasteiger partial charge in [-0.3, -0.25) is 0 Å². The predicted molar refractivity (Wildman–Crippen MR) is 88.3 cm³/mol. The van der Waals surface area contributed by atoms with E-state index in [1.807, 2.05) is 30.3 Å². The molecule has 0 heterocycles. The molecule has 0 amide bonds. The van der Waals surface area contributed by atoms with Crippen molar-refractivity contribution in [1.29, 1.82) is 0 Å². The monoisotopic (exact) mass is 390 g/mol. The van der Waals surface area contributed by atoms with Crippen molar-refractivity contribution < 1.29 is 8.42 Å². The van der Waals surface area contributed by atoms with Crippen molar-refractivity contribution in [3.63, 3.8) is 0 Å². The quantitative estimate of drug-likeness (QED) is 0.702. The molecule has 2 aromatic rings. The maximum absolute atomic E-state index is 11.4. The summed E-state index contributed by atoms with van der Waals surface area (Å²) in [6, 6.07) is 12.7. The highest BCUT2D eigenvalue weighted by atomic mass is 79.9. The zero-order valence-corrected chi connectivity index (χ0v) is 14.6. The number of benzene rings is 2. The lowest BCUT2D eigenvalue weighted by molar-refractivity contribution is 0.602. The van der Waals surface area contributed by atoms with Crippen LogP contribution in [0.25, 0.3) is 0 Å². The van der Waals surface area contributed by atoms with Crippen LogP contribution >= 0.6 is 39.3 Å². The standard InChI is InChI=1S/C14H12BrClO2S2/c1-20(17,18)13-6-4-12(5-7-13)19-9-10-2-3-11(15)8-14(10)16/h2-8H,9H2,1H3. The van der Waals surface area contributed by atoms with E-state index in [9.17, 15) is 8.42 Å². The van der Waals surface area contributed by atoms with Crippen LogP contribution in [-0.4, -0.2) is 14.7 Å². The molecular formula is C14H12BrClO2S2. The molecule has 106 valence electrons. The summed E-state index contributed by atoms with van der Waals surface area (Å²) in [5.74, 6) is 0.740. The first-order valence-corrected chi connectivity index (χ1v) is 9.78. The van der Waals surface area contributed by atoms with Gasteiger partial charge in [0.1, 0.15) is 0 Å². The van der Waals surface area contributed by atoms with Crippen LogP contribution in [-0.2, 0) is 15.6 Å². The minimum atomic E-state index is -3.13. The molecule has 0 fully saturated rings. The smallest absolute Gasteiger partial charge is 0.175 e. The number of rotatable bonds is 4. The lowest BCUT2D eigenvalue weighted by Gasteiger charge is -2.06. The lowest BCUT2D eigenvalue weighted by Crippen LogP contribution is -1.96. The molecule has 0 N–H and O–H groups in total. The van der Waals surface area contributed by atoms with E-state index in [0.29, 0.717) is 4.90 Å². The Kier molecular flexibility index (Phi) is 5.18. The molecule has 0 bridgehead atoms. The normalized spacial score (nSPS) is 11.6. The molecule has 0 aromatic heterocycles. The number of hydrogen-bond donors (Lipinski definition) is 0. The van der Waals surface area contributed by atoms with Crippen molar-refractivity contribution in [3.8, 4) is 0 Å². The second-order valence-corrected chi connectivity index (χ2v) is 8.66. The summed E-state index contributed by atoms with van der Waals surface area (Å²) in [4.78, 5) is 1.35. The van der Waals surface area contributed by atoms with Crippen LogP contribution in [0.2, 0.25) is 5.02 Å². The van der Waals surface area contributed by atoms with Gasteiger partial charge in [-0.25, -0.2) is 8.42 Å². The second-order valence-electron chi connectivity index (χ2n) is 4.27. The third-order valence-electron chi connectivity index (χ3n) is 2.66. The minimum absolute atomic E-state index is 0.337. The van der Waals surface area contributed by atoms with Crippen LogP contribution < -0.4 is 0 Å². The summed E-state index contributed by atoms with van der Waals surface area (Å²) < 4.78 is 23.7. The molecule has 0 aliphatic rings. The molecular weight excluding hydrogens is 380 g/mol. The summed E-state index contributed by atoms with van der Waals surface area (Å²) in [5.41, 5.74) is 1.05. The number of hydrogen-bond acceptors (Lipinski definition) is 3. The molecule has 0 radical (unpaired) electrons. The van der Waals surface area contributed by atoms with Gasteiger partial charge in [-0.2, -0.15) is 0 Å². The molecule has 2 nitrogen and oxygen atoms in total. The average Bonchev–Trinajstić information content (AvgIpc) is 2.37. The summed E-state index contributed by atoms with van der Waals surface area (Å²) in [6.07, 6.45) is 1.21. The van der Waals surface area contributed by atoms with Gasteiger partial charge in [0.05, 0.1) is 4.90 Å². The van der Waals surface area contributed by atoms with Gasteiger partial charge in [-0.05, 0) is 42.0 Å². The number of halogens is 2. The van der Waals surface area contributed by atoms with E-state index in [1.165, 1.54) is 6.26 Å². The highest BCUT2D eigenvalue weighted by Gasteiger charge is 2.07. The van der Waals surface area contributed by atoms with E-state index < -0.39 is 9.84 Å². The zero-order valence-electron chi connectivity index (χ0n) is 10.6. The Labute approximate surface area is 136 Å². The first kappa shape index (κ1) is 15.9. The fraction of sp³-hybridized carbons (Fsp3) is 0.143. The lowest BCUT2D eigenvalue weighted by atomic mass is 10.2. The maximum atomic E-state index is 11.4. The van der Waals surface area contributed by atoms with Gasteiger partial charge in [0, 0.05) is 26.4 Å². The molecule has 0 aliphatic heterocycles. The Morgan fingerprint density at radius 1 is 1.15 bits per heavy atom. The molecule has 2 rings (SSSR count). The Morgan fingerprint density at radius 3 is 2.35 bits per heavy atom. The van der Waals surface area contributed by atoms with E-state index >= 15 is 0 Å². The SMILES string of the molecule is CS(=O)(=O)c1ccc(SCc2ccc(Br)cc2Cl)cc1. The second kappa shape index (κ2) is 6.52. The largest absolute Gasteiger partial charge is 0.224 e. The highest BCUT2D eigenvalue weighted by molar-refractivity contribution is 9.10. The van der Waals surface area contributed by atoms with Crippen LogP contribution in [0.1, 0.15) is 5.56 Å². The van der Waals surface area contributed by atoms with Crippen LogP contribution in [0.15, 0.2) is 56.7 Å². The third-order valence-corrected chi connectivity index (χ3v) is 5.70. The van der Waals surface area contributed by atoms with Crippen LogP contribution in [0.4, 0.5) is 0 Å². The van der Waals surface area contributed by atoms with Crippen LogP contribution in [0, 0.1) is 0 Å². The molecule has 2 aromatic carbocycles. The summed E-state index contributed by atoms with van der Waals surface area (Å²) in [5, 5.41) is 0.722.